The monoisotopic (exact) mass is 353 g/mol. The third-order valence-electron chi connectivity index (χ3n) is 5.36. The van der Waals surface area contributed by atoms with Crippen LogP contribution in [0.25, 0.3) is 0 Å². The summed E-state index contributed by atoms with van der Waals surface area (Å²) in [6.07, 6.45) is 0. The first-order valence-electron chi connectivity index (χ1n) is 9.42. The fourth-order valence-corrected chi connectivity index (χ4v) is 3.93. The van der Waals surface area contributed by atoms with E-state index in [0.29, 0.717) is 11.8 Å². The van der Waals surface area contributed by atoms with E-state index in [0.717, 1.165) is 26.2 Å². The molecule has 0 saturated carbocycles. The molecule has 140 valence electrons. The Morgan fingerprint density at radius 1 is 0.885 bits per heavy atom. The fraction of sp³-hybridized carbons (Fsp3) is 0.455. The minimum Gasteiger partial charge on any atom is -0.396 e. The number of aliphatic hydroxyl groups is 1. The lowest BCUT2D eigenvalue weighted by Crippen LogP contribution is -2.28. The Kier molecular flexibility index (Phi) is 6.30. The van der Waals surface area contributed by atoms with E-state index in [-0.39, 0.29) is 6.61 Å². The van der Waals surface area contributed by atoms with Crippen LogP contribution < -0.4 is 4.90 Å². The number of aliphatic hydroxyl groups excluding tert-OH is 1. The number of nitrogens with zero attached hydrogens (tertiary/aromatic N) is 3. The first-order valence-corrected chi connectivity index (χ1v) is 9.42. The van der Waals surface area contributed by atoms with E-state index in [4.69, 9.17) is 0 Å². The summed E-state index contributed by atoms with van der Waals surface area (Å²) < 4.78 is 0. The van der Waals surface area contributed by atoms with Gasteiger partial charge < -0.3 is 14.9 Å². The van der Waals surface area contributed by atoms with Gasteiger partial charge in [0, 0.05) is 51.2 Å². The van der Waals surface area contributed by atoms with Gasteiger partial charge in [-0.25, -0.2) is 0 Å². The summed E-state index contributed by atoms with van der Waals surface area (Å²) in [5, 5.41) is 9.69. The molecule has 3 rings (SSSR count). The summed E-state index contributed by atoms with van der Waals surface area (Å²) in [5.41, 5.74) is 3.72. The van der Waals surface area contributed by atoms with Crippen molar-refractivity contribution in [3.8, 4) is 0 Å². The first kappa shape index (κ1) is 18.9. The maximum Gasteiger partial charge on any atom is 0.0475 e. The van der Waals surface area contributed by atoms with E-state index >= 15 is 0 Å². The van der Waals surface area contributed by atoms with Crippen LogP contribution in [0.3, 0.4) is 0 Å². The zero-order valence-electron chi connectivity index (χ0n) is 16.2. The lowest BCUT2D eigenvalue weighted by Gasteiger charge is -2.21. The Bertz CT molecular complexity index is 672. The zero-order chi connectivity index (χ0) is 18.5. The van der Waals surface area contributed by atoms with Gasteiger partial charge in [-0.2, -0.15) is 0 Å². The van der Waals surface area contributed by atoms with E-state index in [2.05, 4.69) is 84.4 Å². The molecular formula is C22H31N3O. The second-order valence-electron chi connectivity index (χ2n) is 7.72. The van der Waals surface area contributed by atoms with Crippen molar-refractivity contribution in [1.82, 2.24) is 9.80 Å². The molecule has 0 radical (unpaired) electrons. The molecule has 2 aromatic rings. The highest BCUT2D eigenvalue weighted by molar-refractivity contribution is 5.62. The van der Waals surface area contributed by atoms with Crippen LogP contribution in [0.15, 0.2) is 54.6 Å². The van der Waals surface area contributed by atoms with Crippen molar-refractivity contribution >= 4 is 11.4 Å². The summed E-state index contributed by atoms with van der Waals surface area (Å²) in [6, 6.07) is 19.3. The van der Waals surface area contributed by atoms with Crippen molar-refractivity contribution in [2.24, 2.45) is 11.8 Å². The predicted octanol–water partition coefficient (Wildman–Crippen LogP) is 3.06. The molecular weight excluding hydrogens is 322 g/mol. The van der Waals surface area contributed by atoms with Crippen LogP contribution in [-0.4, -0.2) is 62.3 Å². The van der Waals surface area contributed by atoms with Crippen molar-refractivity contribution in [1.29, 1.82) is 0 Å². The molecule has 0 aromatic heterocycles. The van der Waals surface area contributed by atoms with E-state index in [1.807, 2.05) is 6.07 Å². The molecule has 0 aliphatic carbocycles. The maximum absolute atomic E-state index is 9.69. The molecule has 1 fully saturated rings. The van der Waals surface area contributed by atoms with Gasteiger partial charge >= 0.3 is 0 Å². The predicted molar refractivity (Wildman–Crippen MR) is 109 cm³/mol. The Labute approximate surface area is 157 Å². The Hall–Kier alpha value is -1.88. The minimum absolute atomic E-state index is 0.288. The fourth-order valence-electron chi connectivity index (χ4n) is 3.93. The van der Waals surface area contributed by atoms with Crippen LogP contribution in [0.5, 0.6) is 0 Å². The Balaban J connectivity index is 1.61. The number of hydrogen-bond donors (Lipinski definition) is 1. The molecule has 0 spiro atoms. The zero-order valence-corrected chi connectivity index (χ0v) is 16.2. The van der Waals surface area contributed by atoms with Crippen LogP contribution in [-0.2, 0) is 6.54 Å². The van der Waals surface area contributed by atoms with E-state index in [9.17, 15) is 5.11 Å². The highest BCUT2D eigenvalue weighted by Crippen LogP contribution is 2.27. The van der Waals surface area contributed by atoms with Crippen molar-refractivity contribution in [3.05, 3.63) is 60.2 Å². The summed E-state index contributed by atoms with van der Waals surface area (Å²) in [6.45, 7) is 4.34. The number of likely N-dealkylation sites (tertiary alicyclic amines) is 1. The number of hydrogen-bond acceptors (Lipinski definition) is 4. The van der Waals surface area contributed by atoms with Crippen molar-refractivity contribution in [3.63, 3.8) is 0 Å². The van der Waals surface area contributed by atoms with Crippen molar-refractivity contribution in [2.75, 3.05) is 52.3 Å². The topological polar surface area (TPSA) is 30.0 Å². The number of benzene rings is 2. The quantitative estimate of drug-likeness (QED) is 0.829. The molecule has 1 saturated heterocycles. The van der Waals surface area contributed by atoms with E-state index in [1.165, 1.54) is 16.9 Å². The van der Waals surface area contributed by atoms with Crippen LogP contribution in [0.4, 0.5) is 11.4 Å². The molecule has 1 aliphatic rings. The largest absolute Gasteiger partial charge is 0.396 e. The van der Waals surface area contributed by atoms with Gasteiger partial charge in [-0.1, -0.05) is 30.3 Å². The van der Waals surface area contributed by atoms with Gasteiger partial charge in [0.1, 0.15) is 0 Å². The molecule has 0 amide bonds. The van der Waals surface area contributed by atoms with Crippen LogP contribution >= 0.6 is 0 Å². The van der Waals surface area contributed by atoms with Crippen LogP contribution in [0.2, 0.25) is 0 Å². The molecule has 2 atom stereocenters. The van der Waals surface area contributed by atoms with E-state index in [1.54, 1.807) is 0 Å². The first-order chi connectivity index (χ1) is 12.6. The molecule has 0 unspecified atom stereocenters. The average Bonchev–Trinajstić information content (AvgIpc) is 3.03. The maximum atomic E-state index is 9.69. The molecule has 1 N–H and O–H groups in total. The van der Waals surface area contributed by atoms with Gasteiger partial charge in [0.05, 0.1) is 0 Å². The second-order valence-corrected chi connectivity index (χ2v) is 7.72. The highest BCUT2D eigenvalue weighted by atomic mass is 16.3. The summed E-state index contributed by atoms with van der Waals surface area (Å²) in [7, 11) is 6.32. The summed E-state index contributed by atoms with van der Waals surface area (Å²) in [4.78, 5) is 6.91. The standard InChI is InChI=1S/C22H31N3O/c1-23(2)14-19-15-25(16-20(19)17-26)13-18-9-11-22(12-10-18)24(3)21-7-5-4-6-8-21/h4-12,19-20,26H,13-17H2,1-3H3/t19-,20-/m1/s1. The lowest BCUT2D eigenvalue weighted by atomic mass is 9.97. The normalized spacial score (nSPS) is 20.7. The molecule has 1 aliphatic heterocycles. The minimum atomic E-state index is 0.288. The van der Waals surface area contributed by atoms with Gasteiger partial charge in [0.2, 0.25) is 0 Å². The summed E-state index contributed by atoms with van der Waals surface area (Å²) >= 11 is 0. The van der Waals surface area contributed by atoms with Gasteiger partial charge in [-0.05, 0) is 55.8 Å². The van der Waals surface area contributed by atoms with Gasteiger partial charge in [0.15, 0.2) is 0 Å². The smallest absolute Gasteiger partial charge is 0.0475 e. The molecule has 26 heavy (non-hydrogen) atoms. The summed E-state index contributed by atoms with van der Waals surface area (Å²) in [5.74, 6) is 0.944. The van der Waals surface area contributed by atoms with Gasteiger partial charge in [-0.15, -0.1) is 0 Å². The number of para-hydroxylation sites is 1. The highest BCUT2D eigenvalue weighted by Gasteiger charge is 2.32. The van der Waals surface area contributed by atoms with Crippen LogP contribution in [0.1, 0.15) is 5.56 Å². The number of anilines is 2. The van der Waals surface area contributed by atoms with Gasteiger partial charge in [-0.3, -0.25) is 4.90 Å². The third-order valence-corrected chi connectivity index (χ3v) is 5.36. The number of rotatable bonds is 7. The van der Waals surface area contributed by atoms with E-state index < -0.39 is 0 Å². The molecule has 2 aromatic carbocycles. The Morgan fingerprint density at radius 3 is 2.12 bits per heavy atom. The molecule has 0 bridgehead atoms. The van der Waals surface area contributed by atoms with Crippen molar-refractivity contribution < 1.29 is 5.11 Å². The molecule has 4 heteroatoms. The second kappa shape index (κ2) is 8.67. The van der Waals surface area contributed by atoms with Crippen molar-refractivity contribution in [2.45, 2.75) is 6.54 Å². The average molecular weight is 354 g/mol. The van der Waals surface area contributed by atoms with Crippen LogP contribution in [0, 0.1) is 11.8 Å². The Morgan fingerprint density at radius 2 is 1.50 bits per heavy atom. The molecule has 4 nitrogen and oxygen atoms in total. The third kappa shape index (κ3) is 4.64. The SMILES string of the molecule is CN(C)C[C@@H]1CN(Cc2ccc(N(C)c3ccccc3)cc2)C[C@@H]1CO. The van der Waals surface area contributed by atoms with Gasteiger partial charge in [0.25, 0.3) is 0 Å². The lowest BCUT2D eigenvalue weighted by molar-refractivity contribution is 0.183. The molecule has 1 heterocycles.